The van der Waals surface area contributed by atoms with Crippen molar-refractivity contribution in [3.05, 3.63) is 0 Å². The fourth-order valence-corrected chi connectivity index (χ4v) is 1.48. The van der Waals surface area contributed by atoms with Crippen LogP contribution in [0.4, 0.5) is 0 Å². The van der Waals surface area contributed by atoms with Gasteiger partial charge in [0.15, 0.2) is 0 Å². The largest absolute Gasteiger partial charge is 0.481 e. The number of hydrogen-bond donors (Lipinski definition) is 2. The number of nitrogens with one attached hydrogen (secondary N) is 1. The van der Waals surface area contributed by atoms with Crippen molar-refractivity contribution in [1.82, 2.24) is 5.32 Å². The highest BCUT2D eigenvalue weighted by Crippen LogP contribution is 2.36. The van der Waals surface area contributed by atoms with E-state index in [0.29, 0.717) is 6.04 Å². The Kier molecular flexibility index (Phi) is 3.72. The molecule has 0 aromatic carbocycles. The quantitative estimate of drug-likeness (QED) is 0.659. The van der Waals surface area contributed by atoms with Crippen molar-refractivity contribution in [1.29, 1.82) is 0 Å². The van der Waals surface area contributed by atoms with Crippen LogP contribution in [-0.2, 0) is 4.79 Å². The van der Waals surface area contributed by atoms with Gasteiger partial charge in [0.2, 0.25) is 0 Å². The Morgan fingerprint density at radius 3 is 2.77 bits per heavy atom. The molecule has 0 amide bonds. The number of hydrogen-bond acceptors (Lipinski definition) is 2. The standard InChI is InChI=1S/C10H19NO2/c1-7-5-9(7)6-11-8(2)3-4-10(12)13/h7-9,11H,3-6H2,1-2H3,(H,12,13). The smallest absolute Gasteiger partial charge is 0.303 e. The Bertz CT molecular complexity index is 182. The van der Waals surface area contributed by atoms with Crippen LogP contribution in [0.25, 0.3) is 0 Å². The molecule has 1 fully saturated rings. The summed E-state index contributed by atoms with van der Waals surface area (Å²) in [4.78, 5) is 10.3. The molecule has 1 saturated carbocycles. The molecule has 1 rings (SSSR count). The molecule has 13 heavy (non-hydrogen) atoms. The highest BCUT2D eigenvalue weighted by Gasteiger charge is 2.31. The lowest BCUT2D eigenvalue weighted by Gasteiger charge is -2.11. The first-order valence-corrected chi connectivity index (χ1v) is 5.04. The lowest BCUT2D eigenvalue weighted by Crippen LogP contribution is -2.28. The van der Waals surface area contributed by atoms with Gasteiger partial charge in [-0.1, -0.05) is 6.92 Å². The minimum Gasteiger partial charge on any atom is -0.481 e. The van der Waals surface area contributed by atoms with E-state index in [0.717, 1.165) is 24.8 Å². The van der Waals surface area contributed by atoms with Gasteiger partial charge in [-0.05, 0) is 38.1 Å². The van der Waals surface area contributed by atoms with E-state index in [-0.39, 0.29) is 6.42 Å². The van der Waals surface area contributed by atoms with Gasteiger partial charge in [0, 0.05) is 12.5 Å². The van der Waals surface area contributed by atoms with Crippen molar-refractivity contribution in [2.45, 2.75) is 39.2 Å². The van der Waals surface area contributed by atoms with Gasteiger partial charge in [-0.25, -0.2) is 0 Å². The molecular weight excluding hydrogens is 166 g/mol. The molecule has 0 aliphatic heterocycles. The molecule has 0 heterocycles. The fourth-order valence-electron chi connectivity index (χ4n) is 1.48. The van der Waals surface area contributed by atoms with Crippen molar-refractivity contribution in [3.8, 4) is 0 Å². The van der Waals surface area contributed by atoms with Crippen LogP contribution in [-0.4, -0.2) is 23.7 Å². The second kappa shape index (κ2) is 4.61. The van der Waals surface area contributed by atoms with Crippen LogP contribution in [0.2, 0.25) is 0 Å². The molecule has 3 unspecified atom stereocenters. The zero-order valence-electron chi connectivity index (χ0n) is 8.42. The summed E-state index contributed by atoms with van der Waals surface area (Å²) in [6.45, 7) is 5.37. The number of rotatable bonds is 6. The Balaban J connectivity index is 1.97. The summed E-state index contributed by atoms with van der Waals surface area (Å²) >= 11 is 0. The highest BCUT2D eigenvalue weighted by molar-refractivity contribution is 5.66. The minimum absolute atomic E-state index is 0.272. The van der Waals surface area contributed by atoms with Crippen LogP contribution in [0.15, 0.2) is 0 Å². The first-order chi connectivity index (χ1) is 6.09. The second-order valence-electron chi connectivity index (χ2n) is 4.21. The second-order valence-corrected chi connectivity index (χ2v) is 4.21. The van der Waals surface area contributed by atoms with Crippen LogP contribution in [0.5, 0.6) is 0 Å². The van der Waals surface area contributed by atoms with Crippen LogP contribution in [0.3, 0.4) is 0 Å². The maximum atomic E-state index is 10.3. The van der Waals surface area contributed by atoms with Crippen molar-refractivity contribution in [2.75, 3.05) is 6.54 Å². The molecule has 0 spiro atoms. The average Bonchev–Trinajstić information content (AvgIpc) is 2.75. The third kappa shape index (κ3) is 4.27. The minimum atomic E-state index is -0.701. The Labute approximate surface area is 79.5 Å². The monoisotopic (exact) mass is 185 g/mol. The Morgan fingerprint density at radius 2 is 2.31 bits per heavy atom. The van der Waals surface area contributed by atoms with E-state index in [4.69, 9.17) is 5.11 Å². The molecule has 76 valence electrons. The zero-order chi connectivity index (χ0) is 9.84. The molecule has 3 heteroatoms. The van der Waals surface area contributed by atoms with E-state index in [1.54, 1.807) is 0 Å². The summed E-state index contributed by atoms with van der Waals surface area (Å²) in [5.74, 6) is 1.01. The Morgan fingerprint density at radius 1 is 1.69 bits per heavy atom. The molecule has 0 bridgehead atoms. The van der Waals surface area contributed by atoms with Crippen LogP contribution < -0.4 is 5.32 Å². The van der Waals surface area contributed by atoms with Gasteiger partial charge < -0.3 is 10.4 Å². The maximum absolute atomic E-state index is 10.3. The molecule has 1 aliphatic carbocycles. The molecule has 3 nitrogen and oxygen atoms in total. The molecular formula is C10H19NO2. The van der Waals surface area contributed by atoms with Crippen molar-refractivity contribution in [2.24, 2.45) is 11.8 Å². The van der Waals surface area contributed by atoms with E-state index in [1.165, 1.54) is 6.42 Å². The predicted molar refractivity (Wildman–Crippen MR) is 51.6 cm³/mol. The predicted octanol–water partition coefficient (Wildman–Crippen LogP) is 1.49. The molecule has 3 atom stereocenters. The normalized spacial score (nSPS) is 28.5. The van der Waals surface area contributed by atoms with Gasteiger partial charge in [-0.15, -0.1) is 0 Å². The third-order valence-electron chi connectivity index (χ3n) is 2.80. The summed E-state index contributed by atoms with van der Waals surface area (Å²) in [6, 6.07) is 0.337. The SMILES string of the molecule is CC(CCC(=O)O)NCC1CC1C. The highest BCUT2D eigenvalue weighted by atomic mass is 16.4. The number of carboxylic acid groups (broad SMARTS) is 1. The van der Waals surface area contributed by atoms with Gasteiger partial charge >= 0.3 is 5.97 Å². The van der Waals surface area contributed by atoms with Crippen LogP contribution in [0.1, 0.15) is 33.1 Å². The maximum Gasteiger partial charge on any atom is 0.303 e. The van der Waals surface area contributed by atoms with Gasteiger partial charge in [0.25, 0.3) is 0 Å². The fraction of sp³-hybridized carbons (Fsp3) is 0.900. The molecule has 0 saturated heterocycles. The van der Waals surface area contributed by atoms with Crippen LogP contribution in [0, 0.1) is 11.8 Å². The molecule has 0 aromatic rings. The first kappa shape index (κ1) is 10.5. The van der Waals surface area contributed by atoms with Crippen molar-refractivity contribution < 1.29 is 9.90 Å². The van der Waals surface area contributed by atoms with Gasteiger partial charge in [-0.3, -0.25) is 4.79 Å². The average molecular weight is 185 g/mol. The van der Waals surface area contributed by atoms with E-state index >= 15 is 0 Å². The Hall–Kier alpha value is -0.570. The van der Waals surface area contributed by atoms with Gasteiger partial charge in [0.05, 0.1) is 0 Å². The molecule has 0 aromatic heterocycles. The number of carboxylic acids is 1. The summed E-state index contributed by atoms with van der Waals surface area (Å²) < 4.78 is 0. The van der Waals surface area contributed by atoms with E-state index < -0.39 is 5.97 Å². The number of aliphatic carboxylic acids is 1. The topological polar surface area (TPSA) is 49.3 Å². The molecule has 0 radical (unpaired) electrons. The third-order valence-corrected chi connectivity index (χ3v) is 2.80. The van der Waals surface area contributed by atoms with E-state index in [2.05, 4.69) is 19.2 Å². The van der Waals surface area contributed by atoms with Gasteiger partial charge in [0.1, 0.15) is 0 Å². The first-order valence-electron chi connectivity index (χ1n) is 5.04. The van der Waals surface area contributed by atoms with Gasteiger partial charge in [-0.2, -0.15) is 0 Å². The summed E-state index contributed by atoms with van der Waals surface area (Å²) in [7, 11) is 0. The summed E-state index contributed by atoms with van der Waals surface area (Å²) in [5, 5.41) is 11.8. The zero-order valence-corrected chi connectivity index (χ0v) is 8.42. The van der Waals surface area contributed by atoms with Crippen LogP contribution >= 0.6 is 0 Å². The lowest BCUT2D eigenvalue weighted by atomic mass is 10.2. The number of carbonyl (C=O) groups is 1. The van der Waals surface area contributed by atoms with Crippen molar-refractivity contribution >= 4 is 5.97 Å². The molecule has 1 aliphatic rings. The summed E-state index contributed by atoms with van der Waals surface area (Å²) in [5.41, 5.74) is 0. The van der Waals surface area contributed by atoms with E-state index in [1.807, 2.05) is 0 Å². The molecule has 2 N–H and O–H groups in total. The lowest BCUT2D eigenvalue weighted by molar-refractivity contribution is -0.137. The van der Waals surface area contributed by atoms with E-state index in [9.17, 15) is 4.79 Å². The van der Waals surface area contributed by atoms with Crippen molar-refractivity contribution in [3.63, 3.8) is 0 Å². The summed E-state index contributed by atoms with van der Waals surface area (Å²) in [6.07, 6.45) is 2.34.